The van der Waals surface area contributed by atoms with Crippen LogP contribution < -0.4 is 0 Å². The van der Waals surface area contributed by atoms with Crippen LogP contribution >= 0.6 is 0 Å². The van der Waals surface area contributed by atoms with E-state index in [0.717, 1.165) is 11.3 Å². The van der Waals surface area contributed by atoms with E-state index in [9.17, 15) is 26.8 Å². The number of ketones is 1. The van der Waals surface area contributed by atoms with Gasteiger partial charge >= 0.3 is 21.3 Å². The quantitative estimate of drug-likeness (QED) is 0.763. The lowest BCUT2D eigenvalue weighted by Gasteiger charge is -2.43. The molecule has 2 fully saturated rings. The smallest absolute Gasteiger partial charge is 0.332 e. The molecular weight excluding hydrogens is 296 g/mol. The average Bonchev–Trinajstić information content (AvgIpc) is 2.37. The first kappa shape index (κ1) is 15.3. The molecule has 2 rings (SSSR count). The van der Waals surface area contributed by atoms with E-state index < -0.39 is 33.2 Å². The van der Waals surface area contributed by atoms with E-state index in [1.807, 2.05) is 0 Å². The van der Waals surface area contributed by atoms with Crippen molar-refractivity contribution >= 4 is 21.8 Å². The van der Waals surface area contributed by atoms with E-state index in [2.05, 4.69) is 0 Å². The minimum absolute atomic E-state index is 0.0610. The van der Waals surface area contributed by atoms with Crippen LogP contribution in [0.2, 0.25) is 0 Å². The number of likely N-dealkylation sites (tertiary alicyclic amines) is 1. The van der Waals surface area contributed by atoms with E-state index in [4.69, 9.17) is 4.55 Å². The minimum Gasteiger partial charge on any atom is -0.332 e. The molecule has 1 aliphatic carbocycles. The first-order valence-electron chi connectivity index (χ1n) is 6.35. The second kappa shape index (κ2) is 5.03. The number of hydrogen-bond acceptors (Lipinski definition) is 4. The van der Waals surface area contributed by atoms with E-state index in [-0.39, 0.29) is 18.7 Å². The third-order valence-electron chi connectivity index (χ3n) is 3.98. The largest absolute Gasteiger partial charge is 0.446 e. The van der Waals surface area contributed by atoms with E-state index in [0.29, 0.717) is 19.3 Å². The molecule has 9 heteroatoms. The van der Waals surface area contributed by atoms with Crippen LogP contribution in [0.1, 0.15) is 32.1 Å². The fourth-order valence-corrected chi connectivity index (χ4v) is 3.31. The lowest BCUT2D eigenvalue weighted by atomic mass is 9.77. The second-order valence-corrected chi connectivity index (χ2v) is 6.63. The summed E-state index contributed by atoms with van der Waals surface area (Å²) in [5.74, 6) is -2.52. The molecule has 20 heavy (non-hydrogen) atoms. The molecule has 1 heterocycles. The van der Waals surface area contributed by atoms with Crippen LogP contribution in [0.4, 0.5) is 8.78 Å². The van der Waals surface area contributed by atoms with Crippen LogP contribution in [-0.4, -0.2) is 47.4 Å². The summed E-state index contributed by atoms with van der Waals surface area (Å²) in [5.41, 5.74) is 0. The van der Waals surface area contributed by atoms with Crippen LogP contribution in [-0.2, 0) is 19.7 Å². The highest BCUT2D eigenvalue weighted by atomic mass is 32.2. The van der Waals surface area contributed by atoms with Crippen LogP contribution in [0.15, 0.2) is 0 Å². The Morgan fingerprint density at radius 3 is 2.50 bits per heavy atom. The zero-order chi connectivity index (χ0) is 15.1. The van der Waals surface area contributed by atoms with Gasteiger partial charge in [-0.15, -0.1) is 0 Å². The van der Waals surface area contributed by atoms with Gasteiger partial charge in [0.25, 0.3) is 0 Å². The molecule has 0 aromatic rings. The molecule has 0 spiro atoms. The maximum atomic E-state index is 13.5. The van der Waals surface area contributed by atoms with Gasteiger partial charge in [-0.2, -0.15) is 17.2 Å². The minimum atomic E-state index is -5.81. The maximum Gasteiger partial charge on any atom is 0.446 e. The monoisotopic (exact) mass is 311 g/mol. The molecule has 1 saturated carbocycles. The molecule has 1 N–H and O–H groups in total. The topological polar surface area (TPSA) is 91.8 Å². The van der Waals surface area contributed by atoms with Gasteiger partial charge in [-0.05, 0) is 12.8 Å². The number of hydrogen-bond donors (Lipinski definition) is 1. The molecule has 2 unspecified atom stereocenters. The number of Topliss-reactive ketones (excluding diaryl/α,β-unsaturated/α-hetero) is 1. The lowest BCUT2D eigenvalue weighted by Crippen LogP contribution is -2.58. The van der Waals surface area contributed by atoms with Crippen molar-refractivity contribution in [1.29, 1.82) is 0 Å². The molecule has 0 aromatic carbocycles. The Kier molecular flexibility index (Phi) is 3.85. The molecule has 1 saturated heterocycles. The molecule has 2 atom stereocenters. The third kappa shape index (κ3) is 2.44. The molecule has 0 bridgehead atoms. The fourth-order valence-electron chi connectivity index (χ4n) is 2.97. The molecule has 0 aromatic heterocycles. The van der Waals surface area contributed by atoms with Crippen molar-refractivity contribution in [2.45, 2.75) is 43.4 Å². The highest BCUT2D eigenvalue weighted by Crippen LogP contribution is 2.36. The second-order valence-electron chi connectivity index (χ2n) is 5.17. The average molecular weight is 311 g/mol. The molecule has 0 radical (unpaired) electrons. The van der Waals surface area contributed by atoms with Crippen molar-refractivity contribution in [2.24, 2.45) is 5.92 Å². The van der Waals surface area contributed by atoms with Gasteiger partial charge in [0.2, 0.25) is 0 Å². The number of piperidine rings is 1. The van der Waals surface area contributed by atoms with Crippen LogP contribution in [0, 0.1) is 5.92 Å². The number of fused-ring (bicyclic) bond motifs is 1. The fraction of sp³-hybridized carbons (Fsp3) is 0.818. The standard InChI is InChI=1S/C11H15F2NO5S/c12-11(13,20(17,18)19)10(16)14-6-5-9(15)7-3-1-2-4-8(7)14/h7-8H,1-6H2,(H,17,18,19). The SMILES string of the molecule is O=C1CCN(C(=O)C(F)(F)S(=O)(=O)O)C2CCCCC12. The number of halogens is 2. The summed E-state index contributed by atoms with van der Waals surface area (Å²) in [6.07, 6.45) is 2.32. The van der Waals surface area contributed by atoms with Crippen LogP contribution in [0.25, 0.3) is 0 Å². The van der Waals surface area contributed by atoms with Crippen molar-refractivity contribution < 1.29 is 31.3 Å². The van der Waals surface area contributed by atoms with Gasteiger partial charge in [0.1, 0.15) is 5.78 Å². The number of carbonyl (C=O) groups excluding carboxylic acids is 2. The predicted octanol–water partition coefficient (Wildman–Crippen LogP) is 0.827. The van der Waals surface area contributed by atoms with Crippen LogP contribution in [0.5, 0.6) is 0 Å². The normalized spacial score (nSPS) is 28.1. The van der Waals surface area contributed by atoms with Crippen molar-refractivity contribution in [2.75, 3.05) is 6.54 Å². The Hall–Kier alpha value is -1.09. The van der Waals surface area contributed by atoms with Crippen molar-refractivity contribution in [3.63, 3.8) is 0 Å². The van der Waals surface area contributed by atoms with Crippen molar-refractivity contribution in [3.8, 4) is 0 Å². The number of amides is 1. The Morgan fingerprint density at radius 2 is 1.90 bits per heavy atom. The number of alkyl halides is 2. The summed E-state index contributed by atoms with van der Waals surface area (Å²) in [4.78, 5) is 24.3. The Labute approximate surface area is 114 Å². The number of carbonyl (C=O) groups is 2. The first-order valence-corrected chi connectivity index (χ1v) is 7.79. The Bertz CT molecular complexity index is 533. The zero-order valence-electron chi connectivity index (χ0n) is 10.6. The summed E-state index contributed by atoms with van der Waals surface area (Å²) in [5, 5.41) is -4.87. The molecule has 2 aliphatic rings. The lowest BCUT2D eigenvalue weighted by molar-refractivity contribution is -0.156. The maximum absolute atomic E-state index is 13.5. The number of rotatable bonds is 2. The first-order chi connectivity index (χ1) is 9.16. The van der Waals surface area contributed by atoms with Gasteiger partial charge in [0.05, 0.1) is 0 Å². The summed E-state index contributed by atoms with van der Waals surface area (Å²) in [6.45, 7) is -0.232. The highest BCUT2D eigenvalue weighted by molar-refractivity contribution is 7.87. The van der Waals surface area contributed by atoms with Crippen molar-refractivity contribution in [1.82, 2.24) is 4.90 Å². The van der Waals surface area contributed by atoms with E-state index >= 15 is 0 Å². The molecule has 1 amide bonds. The molecule has 114 valence electrons. The highest BCUT2D eigenvalue weighted by Gasteiger charge is 2.57. The molecular formula is C11H15F2NO5S. The summed E-state index contributed by atoms with van der Waals surface area (Å²) < 4.78 is 56.7. The van der Waals surface area contributed by atoms with Crippen LogP contribution in [0.3, 0.4) is 0 Å². The Morgan fingerprint density at radius 1 is 1.30 bits per heavy atom. The summed E-state index contributed by atoms with van der Waals surface area (Å²) in [6, 6.07) is -0.690. The van der Waals surface area contributed by atoms with E-state index in [1.54, 1.807) is 0 Å². The Balaban J connectivity index is 2.28. The molecule has 1 aliphatic heterocycles. The third-order valence-corrected chi connectivity index (χ3v) is 4.80. The number of nitrogens with zero attached hydrogens (tertiary/aromatic N) is 1. The molecule has 6 nitrogen and oxygen atoms in total. The van der Waals surface area contributed by atoms with Gasteiger partial charge in [0, 0.05) is 24.9 Å². The van der Waals surface area contributed by atoms with Gasteiger partial charge in [-0.25, -0.2) is 0 Å². The zero-order valence-corrected chi connectivity index (χ0v) is 11.4. The predicted molar refractivity (Wildman–Crippen MR) is 63.6 cm³/mol. The van der Waals surface area contributed by atoms with E-state index in [1.165, 1.54) is 0 Å². The van der Waals surface area contributed by atoms with Crippen molar-refractivity contribution in [3.05, 3.63) is 0 Å². The summed E-state index contributed by atoms with van der Waals surface area (Å²) >= 11 is 0. The summed E-state index contributed by atoms with van der Waals surface area (Å²) in [7, 11) is -5.81. The van der Waals surface area contributed by atoms with Gasteiger partial charge in [-0.1, -0.05) is 12.8 Å². The van der Waals surface area contributed by atoms with Gasteiger partial charge in [-0.3, -0.25) is 14.1 Å². The van der Waals surface area contributed by atoms with Gasteiger partial charge in [0.15, 0.2) is 0 Å². The van der Waals surface area contributed by atoms with Gasteiger partial charge < -0.3 is 4.90 Å².